The Kier molecular flexibility index (Phi) is 7.04. The summed E-state index contributed by atoms with van der Waals surface area (Å²) in [7, 11) is 3.46. The summed E-state index contributed by atoms with van der Waals surface area (Å²) in [5.74, 6) is 0.303. The lowest BCUT2D eigenvalue weighted by Crippen LogP contribution is -2.30. The Morgan fingerprint density at radius 1 is 1.00 bits per heavy atom. The van der Waals surface area contributed by atoms with Crippen LogP contribution in [0.5, 0.6) is 0 Å². The molecule has 1 aliphatic carbocycles. The number of ether oxygens (including phenoxy) is 2. The molecule has 1 spiro atoms. The number of carbonyl (C=O) groups is 1. The van der Waals surface area contributed by atoms with Crippen LogP contribution >= 0.6 is 0 Å². The second kappa shape index (κ2) is 10.8. The highest BCUT2D eigenvalue weighted by Crippen LogP contribution is 2.64. The van der Waals surface area contributed by atoms with Crippen molar-refractivity contribution in [2.75, 3.05) is 45.8 Å². The van der Waals surface area contributed by atoms with Gasteiger partial charge in [0.15, 0.2) is 0 Å². The monoisotopic (exact) mass is 522 g/mol. The summed E-state index contributed by atoms with van der Waals surface area (Å²) < 4.78 is 10.5. The molecule has 0 unspecified atom stereocenters. The SMILES string of the molecule is COCCN(CCOC)Cc1ccc(C=Cc2n[nH]c3cc([C@@H]4C[C@@]45C(=O)Nc4ccccc45)ccc23)cc1. The van der Waals surface area contributed by atoms with Gasteiger partial charge in [0.2, 0.25) is 5.91 Å². The number of methoxy groups -OCH3 is 2. The Hall–Kier alpha value is -3.78. The first-order chi connectivity index (χ1) is 19.1. The normalized spacial score (nSPS) is 19.9. The number of hydrogen-bond acceptors (Lipinski definition) is 5. The quantitative estimate of drug-likeness (QED) is 0.283. The van der Waals surface area contributed by atoms with Crippen molar-refractivity contribution in [2.24, 2.45) is 0 Å². The number of H-pyrrole nitrogens is 1. The van der Waals surface area contributed by atoms with Gasteiger partial charge in [-0.3, -0.25) is 14.8 Å². The summed E-state index contributed by atoms with van der Waals surface area (Å²) >= 11 is 0. The number of fused-ring (bicyclic) bond motifs is 3. The molecular weight excluding hydrogens is 488 g/mol. The molecule has 2 heterocycles. The molecule has 0 bridgehead atoms. The zero-order valence-corrected chi connectivity index (χ0v) is 22.4. The number of aromatic amines is 1. The van der Waals surface area contributed by atoms with Crippen LogP contribution in [0, 0.1) is 0 Å². The summed E-state index contributed by atoms with van der Waals surface area (Å²) in [6, 6.07) is 23.1. The second-order valence-corrected chi connectivity index (χ2v) is 10.5. The van der Waals surface area contributed by atoms with Crippen molar-refractivity contribution in [3.8, 4) is 0 Å². The summed E-state index contributed by atoms with van der Waals surface area (Å²) in [6.45, 7) is 4.01. The average Bonchev–Trinajstić information content (AvgIpc) is 3.50. The van der Waals surface area contributed by atoms with Crippen LogP contribution in [0.1, 0.15) is 40.3 Å². The fraction of sp³-hybridized carbons (Fsp3) is 0.312. The Morgan fingerprint density at radius 2 is 1.77 bits per heavy atom. The predicted molar refractivity (Wildman–Crippen MR) is 155 cm³/mol. The lowest BCUT2D eigenvalue weighted by Gasteiger charge is -2.21. The van der Waals surface area contributed by atoms with E-state index in [-0.39, 0.29) is 11.8 Å². The number of nitrogens with one attached hydrogen (secondary N) is 2. The van der Waals surface area contributed by atoms with Gasteiger partial charge in [-0.05, 0) is 46.9 Å². The minimum absolute atomic E-state index is 0.116. The van der Waals surface area contributed by atoms with E-state index < -0.39 is 5.41 Å². The van der Waals surface area contributed by atoms with E-state index in [9.17, 15) is 4.79 Å². The van der Waals surface area contributed by atoms with Crippen LogP contribution in [0.2, 0.25) is 0 Å². The van der Waals surface area contributed by atoms with Crippen LogP contribution in [0.3, 0.4) is 0 Å². The van der Waals surface area contributed by atoms with Gasteiger partial charge in [0.25, 0.3) is 0 Å². The summed E-state index contributed by atoms with van der Waals surface area (Å²) in [5, 5.41) is 11.9. The maximum absolute atomic E-state index is 12.9. The van der Waals surface area contributed by atoms with E-state index in [4.69, 9.17) is 9.47 Å². The van der Waals surface area contributed by atoms with Gasteiger partial charge in [-0.2, -0.15) is 5.10 Å². The highest BCUT2D eigenvalue weighted by atomic mass is 16.5. The Morgan fingerprint density at radius 3 is 2.54 bits per heavy atom. The molecule has 7 nitrogen and oxygen atoms in total. The number of para-hydroxylation sites is 1. The molecule has 0 radical (unpaired) electrons. The maximum Gasteiger partial charge on any atom is 0.235 e. The van der Waals surface area contributed by atoms with E-state index in [0.717, 1.165) is 59.5 Å². The molecule has 1 aromatic heterocycles. The van der Waals surface area contributed by atoms with E-state index in [1.54, 1.807) is 14.2 Å². The van der Waals surface area contributed by atoms with Crippen LogP contribution < -0.4 is 5.32 Å². The molecule has 1 aliphatic heterocycles. The molecule has 7 heteroatoms. The first-order valence-corrected chi connectivity index (χ1v) is 13.5. The largest absolute Gasteiger partial charge is 0.383 e. The van der Waals surface area contributed by atoms with E-state index in [1.807, 2.05) is 18.2 Å². The number of amides is 1. The molecule has 2 N–H and O–H groups in total. The zero-order chi connectivity index (χ0) is 26.8. The number of carbonyl (C=O) groups excluding carboxylic acids is 1. The number of benzene rings is 3. The smallest absolute Gasteiger partial charge is 0.235 e. The Bertz CT molecular complexity index is 1500. The minimum Gasteiger partial charge on any atom is -0.383 e. The molecule has 3 aromatic carbocycles. The van der Waals surface area contributed by atoms with Gasteiger partial charge in [0.1, 0.15) is 0 Å². The van der Waals surface area contributed by atoms with E-state index >= 15 is 0 Å². The number of hydrogen-bond donors (Lipinski definition) is 2. The Labute approximate surface area is 228 Å². The molecule has 0 saturated heterocycles. The number of anilines is 1. The van der Waals surface area contributed by atoms with Gasteiger partial charge in [0, 0.05) is 50.8 Å². The van der Waals surface area contributed by atoms with Crippen LogP contribution in [0.25, 0.3) is 23.1 Å². The standard InChI is InChI=1S/C32H34N4O3/c1-38-17-15-36(16-18-39-2)21-23-9-7-22(8-10-23)11-14-28-25-13-12-24(19-30(25)35-34-28)27-20-32(27)26-5-3-4-6-29(26)33-31(32)37/h3-14,19,27H,15-18,20-21H2,1-2H3,(H,33,37)(H,34,35)/t27-,32-/m0/s1. The third-order valence-electron chi connectivity index (χ3n) is 8.08. The van der Waals surface area contributed by atoms with Gasteiger partial charge in [-0.25, -0.2) is 0 Å². The van der Waals surface area contributed by atoms with Gasteiger partial charge >= 0.3 is 0 Å². The van der Waals surface area contributed by atoms with Crippen molar-refractivity contribution >= 4 is 34.6 Å². The minimum atomic E-state index is -0.427. The van der Waals surface area contributed by atoms with Crippen LogP contribution in [-0.2, 0) is 26.2 Å². The molecular formula is C32H34N4O3. The predicted octanol–water partition coefficient (Wildman–Crippen LogP) is 5.21. The first kappa shape index (κ1) is 25.5. The molecule has 1 saturated carbocycles. The summed E-state index contributed by atoms with van der Waals surface area (Å²) in [5.41, 5.74) is 7.09. The van der Waals surface area contributed by atoms with E-state index in [2.05, 4.69) is 81.1 Å². The average molecular weight is 523 g/mol. The maximum atomic E-state index is 12.9. The van der Waals surface area contributed by atoms with Gasteiger partial charge in [0.05, 0.1) is 29.8 Å². The number of rotatable bonds is 11. The number of aromatic nitrogens is 2. The van der Waals surface area contributed by atoms with Gasteiger partial charge < -0.3 is 14.8 Å². The van der Waals surface area contributed by atoms with Crippen LogP contribution in [-0.4, -0.2) is 61.5 Å². The number of nitrogens with zero attached hydrogens (tertiary/aromatic N) is 2. The molecule has 2 atom stereocenters. The van der Waals surface area contributed by atoms with Crippen LogP contribution in [0.4, 0.5) is 5.69 Å². The molecule has 2 aliphatic rings. The van der Waals surface area contributed by atoms with Gasteiger partial charge in [-0.15, -0.1) is 0 Å². The fourth-order valence-electron chi connectivity index (χ4n) is 5.83. The molecule has 6 rings (SSSR count). The van der Waals surface area contributed by atoms with Crippen molar-refractivity contribution in [2.45, 2.75) is 24.3 Å². The summed E-state index contributed by atoms with van der Waals surface area (Å²) in [4.78, 5) is 15.2. The molecule has 200 valence electrons. The molecule has 1 amide bonds. The van der Waals surface area contributed by atoms with Crippen molar-refractivity contribution in [3.05, 3.63) is 94.7 Å². The second-order valence-electron chi connectivity index (χ2n) is 10.5. The lowest BCUT2D eigenvalue weighted by atomic mass is 9.92. The van der Waals surface area contributed by atoms with Crippen molar-refractivity contribution in [1.29, 1.82) is 0 Å². The first-order valence-electron chi connectivity index (χ1n) is 13.5. The van der Waals surface area contributed by atoms with E-state index in [0.29, 0.717) is 13.2 Å². The molecule has 1 fully saturated rings. The fourth-order valence-corrected chi connectivity index (χ4v) is 5.83. The highest BCUT2D eigenvalue weighted by molar-refractivity contribution is 6.09. The highest BCUT2D eigenvalue weighted by Gasteiger charge is 2.65. The Balaban J connectivity index is 1.14. The third-order valence-corrected chi connectivity index (χ3v) is 8.08. The zero-order valence-electron chi connectivity index (χ0n) is 22.4. The lowest BCUT2D eigenvalue weighted by molar-refractivity contribution is -0.118. The van der Waals surface area contributed by atoms with Gasteiger partial charge in [-0.1, -0.05) is 60.7 Å². The van der Waals surface area contributed by atoms with Crippen molar-refractivity contribution < 1.29 is 14.3 Å². The third kappa shape index (κ3) is 4.89. The summed E-state index contributed by atoms with van der Waals surface area (Å²) in [6.07, 6.45) is 4.99. The molecule has 4 aromatic rings. The van der Waals surface area contributed by atoms with E-state index in [1.165, 1.54) is 11.1 Å². The van der Waals surface area contributed by atoms with Crippen LogP contribution in [0.15, 0.2) is 66.7 Å². The molecule has 39 heavy (non-hydrogen) atoms. The van der Waals surface area contributed by atoms with Crippen molar-refractivity contribution in [3.63, 3.8) is 0 Å². The topological polar surface area (TPSA) is 79.5 Å². The van der Waals surface area contributed by atoms with Crippen molar-refractivity contribution in [1.82, 2.24) is 15.1 Å².